The first-order chi connectivity index (χ1) is 19.0. The molecule has 2 N–H and O–H groups in total. The summed E-state index contributed by atoms with van der Waals surface area (Å²) in [7, 11) is 0. The van der Waals surface area contributed by atoms with Gasteiger partial charge < -0.3 is 0 Å². The van der Waals surface area contributed by atoms with E-state index in [-0.39, 0.29) is 24.7 Å². The summed E-state index contributed by atoms with van der Waals surface area (Å²) in [6.45, 7) is 3.70. The molecular weight excluding hydrogens is 484 g/mol. The van der Waals surface area contributed by atoms with Crippen LogP contribution in [0.4, 0.5) is 0 Å². The van der Waals surface area contributed by atoms with Crippen molar-refractivity contribution in [2.24, 2.45) is 10.2 Å². The molecule has 6 heteroatoms. The van der Waals surface area contributed by atoms with Gasteiger partial charge in [-0.15, -0.1) is 0 Å². The molecule has 0 fully saturated rings. The van der Waals surface area contributed by atoms with Gasteiger partial charge in [-0.1, -0.05) is 109 Å². The molecule has 6 nitrogen and oxygen atoms in total. The first-order valence-corrected chi connectivity index (χ1v) is 13.0. The highest BCUT2D eigenvalue weighted by molar-refractivity contribution is 6.00. The van der Waals surface area contributed by atoms with Crippen molar-refractivity contribution in [3.63, 3.8) is 0 Å². The lowest BCUT2D eigenvalue weighted by Gasteiger charge is -2.06. The molecule has 196 valence electrons. The third kappa shape index (κ3) is 8.07. The maximum atomic E-state index is 12.2. The fraction of sp³-hybridized carbons (Fsp3) is 0.152. The highest BCUT2D eigenvalue weighted by Crippen LogP contribution is 2.20. The molecule has 0 atom stereocenters. The van der Waals surface area contributed by atoms with Crippen LogP contribution in [0.1, 0.15) is 44.2 Å². The molecule has 0 aliphatic heterocycles. The van der Waals surface area contributed by atoms with E-state index in [4.69, 9.17) is 0 Å². The van der Waals surface area contributed by atoms with Crippen LogP contribution in [0.2, 0.25) is 0 Å². The number of hydrazone groups is 2. The Morgan fingerprint density at radius 1 is 0.513 bits per heavy atom. The van der Waals surface area contributed by atoms with Crippen LogP contribution in [0, 0.1) is 0 Å². The Bertz CT molecular complexity index is 1330. The minimum atomic E-state index is -0.235. The molecule has 4 aromatic carbocycles. The third-order valence-electron chi connectivity index (χ3n) is 6.32. The Labute approximate surface area is 229 Å². The number of amides is 2. The molecule has 0 saturated heterocycles. The van der Waals surface area contributed by atoms with E-state index in [1.165, 1.54) is 0 Å². The summed E-state index contributed by atoms with van der Waals surface area (Å²) < 4.78 is 0. The molecule has 0 saturated carbocycles. The van der Waals surface area contributed by atoms with Crippen LogP contribution < -0.4 is 10.9 Å². The Kier molecular flexibility index (Phi) is 9.51. The topological polar surface area (TPSA) is 82.9 Å². The Balaban J connectivity index is 1.19. The zero-order valence-electron chi connectivity index (χ0n) is 22.2. The number of carbonyl (C=O) groups excluding carboxylic acids is 2. The van der Waals surface area contributed by atoms with Crippen LogP contribution in [0.25, 0.3) is 22.3 Å². The van der Waals surface area contributed by atoms with Gasteiger partial charge in [0.15, 0.2) is 0 Å². The fourth-order valence-electron chi connectivity index (χ4n) is 4.01. The molecule has 0 bridgehead atoms. The summed E-state index contributed by atoms with van der Waals surface area (Å²) in [6, 6.07) is 36.4. The van der Waals surface area contributed by atoms with Gasteiger partial charge >= 0.3 is 0 Å². The summed E-state index contributed by atoms with van der Waals surface area (Å²) in [5, 5.41) is 8.42. The van der Waals surface area contributed by atoms with Crippen LogP contribution in [-0.2, 0) is 9.59 Å². The first-order valence-electron chi connectivity index (χ1n) is 13.0. The molecule has 0 unspecified atom stereocenters. The van der Waals surface area contributed by atoms with Crippen LogP contribution in [0.3, 0.4) is 0 Å². The summed E-state index contributed by atoms with van der Waals surface area (Å²) in [5.74, 6) is -0.470. The quantitative estimate of drug-likeness (QED) is 0.185. The maximum Gasteiger partial charge on any atom is 0.240 e. The Morgan fingerprint density at radius 2 is 0.846 bits per heavy atom. The lowest BCUT2D eigenvalue weighted by Crippen LogP contribution is -2.21. The van der Waals surface area contributed by atoms with E-state index in [2.05, 4.69) is 45.3 Å². The molecule has 2 amide bonds. The fourth-order valence-corrected chi connectivity index (χ4v) is 4.01. The van der Waals surface area contributed by atoms with Crippen LogP contribution in [0.15, 0.2) is 119 Å². The van der Waals surface area contributed by atoms with E-state index in [0.717, 1.165) is 33.4 Å². The van der Waals surface area contributed by atoms with Gasteiger partial charge in [-0.25, -0.2) is 10.9 Å². The highest BCUT2D eigenvalue weighted by atomic mass is 16.2. The number of benzene rings is 4. The number of nitrogens with zero attached hydrogens (tertiary/aromatic N) is 2. The lowest BCUT2D eigenvalue weighted by molar-refractivity contribution is -0.122. The zero-order valence-corrected chi connectivity index (χ0v) is 22.2. The average Bonchev–Trinajstić information content (AvgIpc) is 2.99. The highest BCUT2D eigenvalue weighted by Gasteiger charge is 2.07. The van der Waals surface area contributed by atoms with Gasteiger partial charge in [-0.3, -0.25) is 9.59 Å². The van der Waals surface area contributed by atoms with Gasteiger partial charge in [-0.05, 0) is 53.6 Å². The minimum absolute atomic E-state index is 0.195. The van der Waals surface area contributed by atoms with E-state index >= 15 is 0 Å². The van der Waals surface area contributed by atoms with Crippen molar-refractivity contribution in [1.29, 1.82) is 0 Å². The normalized spacial score (nSPS) is 11.6. The largest absolute Gasteiger partial charge is 0.273 e. The summed E-state index contributed by atoms with van der Waals surface area (Å²) in [4.78, 5) is 24.4. The molecule has 39 heavy (non-hydrogen) atoms. The van der Waals surface area contributed by atoms with E-state index in [1.807, 2.05) is 98.8 Å². The standard InChI is InChI=1S/C33H32N4O2/c1-24(26-16-20-30(21-17-26)28-10-5-3-6-11-28)34-36-32(38)14-9-15-33(39)37-35-25(2)27-18-22-31(23-19-27)29-12-7-4-8-13-29/h3-8,10-13,16-23H,9,14-15H2,1-2H3,(H,36,38)(H,37,39). The predicted octanol–water partition coefficient (Wildman–Crippen LogP) is 6.57. The van der Waals surface area contributed by atoms with E-state index in [1.54, 1.807) is 0 Å². The van der Waals surface area contributed by atoms with E-state index in [9.17, 15) is 9.59 Å². The molecule has 0 radical (unpaired) electrons. The molecule has 0 aliphatic rings. The van der Waals surface area contributed by atoms with Crippen molar-refractivity contribution in [1.82, 2.24) is 10.9 Å². The van der Waals surface area contributed by atoms with Crippen molar-refractivity contribution < 1.29 is 9.59 Å². The zero-order chi connectivity index (χ0) is 27.5. The molecular formula is C33H32N4O2. The molecule has 0 spiro atoms. The van der Waals surface area contributed by atoms with Crippen molar-refractivity contribution in [3.8, 4) is 22.3 Å². The van der Waals surface area contributed by atoms with E-state index < -0.39 is 0 Å². The molecule has 0 aromatic heterocycles. The molecule has 4 rings (SSSR count). The Hall–Kier alpha value is -4.84. The van der Waals surface area contributed by atoms with Gasteiger partial charge in [0, 0.05) is 12.8 Å². The number of hydrogen-bond donors (Lipinski definition) is 2. The van der Waals surface area contributed by atoms with Gasteiger partial charge in [0.05, 0.1) is 11.4 Å². The second-order valence-corrected chi connectivity index (χ2v) is 9.20. The maximum absolute atomic E-state index is 12.2. The van der Waals surface area contributed by atoms with Crippen molar-refractivity contribution >= 4 is 23.2 Å². The summed E-state index contributed by atoms with van der Waals surface area (Å²) in [6.07, 6.45) is 0.792. The van der Waals surface area contributed by atoms with Crippen molar-refractivity contribution in [2.45, 2.75) is 33.1 Å². The molecule has 0 heterocycles. The number of nitrogens with one attached hydrogen (secondary N) is 2. The van der Waals surface area contributed by atoms with Gasteiger partial charge in [0.25, 0.3) is 0 Å². The van der Waals surface area contributed by atoms with E-state index in [0.29, 0.717) is 17.8 Å². The van der Waals surface area contributed by atoms with Crippen LogP contribution >= 0.6 is 0 Å². The lowest BCUT2D eigenvalue weighted by atomic mass is 10.0. The minimum Gasteiger partial charge on any atom is -0.273 e. The van der Waals surface area contributed by atoms with Crippen LogP contribution in [-0.4, -0.2) is 23.2 Å². The monoisotopic (exact) mass is 516 g/mol. The molecule has 0 aliphatic carbocycles. The second kappa shape index (κ2) is 13.6. The third-order valence-corrected chi connectivity index (χ3v) is 6.32. The Morgan fingerprint density at radius 3 is 1.21 bits per heavy atom. The number of rotatable bonds is 10. The van der Waals surface area contributed by atoms with Crippen molar-refractivity contribution in [3.05, 3.63) is 120 Å². The predicted molar refractivity (Wildman–Crippen MR) is 158 cm³/mol. The van der Waals surface area contributed by atoms with Gasteiger partial charge in [0.2, 0.25) is 11.8 Å². The second-order valence-electron chi connectivity index (χ2n) is 9.20. The summed E-state index contributed by atoms with van der Waals surface area (Å²) in [5.41, 5.74) is 13.0. The smallest absolute Gasteiger partial charge is 0.240 e. The van der Waals surface area contributed by atoms with Crippen LogP contribution in [0.5, 0.6) is 0 Å². The number of carbonyl (C=O) groups is 2. The molecule has 4 aromatic rings. The van der Waals surface area contributed by atoms with Gasteiger partial charge in [0.1, 0.15) is 0 Å². The van der Waals surface area contributed by atoms with Gasteiger partial charge in [-0.2, -0.15) is 10.2 Å². The van der Waals surface area contributed by atoms with Crippen molar-refractivity contribution in [2.75, 3.05) is 0 Å². The average molecular weight is 517 g/mol. The summed E-state index contributed by atoms with van der Waals surface area (Å²) >= 11 is 0. The first kappa shape index (κ1) is 27.2. The number of hydrogen-bond acceptors (Lipinski definition) is 4. The SMILES string of the molecule is CC(=NNC(=O)CCCC(=O)NN=C(C)c1ccc(-c2ccccc2)cc1)c1ccc(-c2ccccc2)cc1.